The number of hydrogen-bond donors (Lipinski definition) is 0. The van der Waals surface area contributed by atoms with Gasteiger partial charge < -0.3 is 4.42 Å². The van der Waals surface area contributed by atoms with Gasteiger partial charge >= 0.3 is 0 Å². The van der Waals surface area contributed by atoms with Gasteiger partial charge in [0.1, 0.15) is 11.1 Å². The SMILES string of the molecule is O=c1cccc2ccc3cc4ncccc4oc3c12. The Morgan fingerprint density at radius 2 is 1.84 bits per heavy atom. The highest BCUT2D eigenvalue weighted by molar-refractivity contribution is 6.05. The number of nitrogens with zero attached hydrogens (tertiary/aromatic N) is 1. The standard InChI is InChI=1S/C16H9NO2/c18-13-4-1-3-10-6-7-11-9-12-14(5-2-8-17-12)19-16(11)15(10)13/h1-9H. The van der Waals surface area contributed by atoms with Gasteiger partial charge in [-0.25, -0.2) is 0 Å². The first-order valence-electron chi connectivity index (χ1n) is 6.03. The van der Waals surface area contributed by atoms with E-state index in [1.54, 1.807) is 18.3 Å². The zero-order valence-electron chi connectivity index (χ0n) is 9.96. The molecule has 0 amide bonds. The van der Waals surface area contributed by atoms with Crippen LogP contribution in [0.25, 0.3) is 32.8 Å². The van der Waals surface area contributed by atoms with E-state index >= 15 is 0 Å². The van der Waals surface area contributed by atoms with Crippen molar-refractivity contribution in [2.45, 2.75) is 0 Å². The molecule has 0 N–H and O–H groups in total. The topological polar surface area (TPSA) is 43.1 Å². The van der Waals surface area contributed by atoms with Crippen molar-refractivity contribution in [1.82, 2.24) is 4.98 Å². The van der Waals surface area contributed by atoms with Crippen molar-refractivity contribution in [1.29, 1.82) is 0 Å². The molecule has 0 aliphatic rings. The summed E-state index contributed by atoms with van der Waals surface area (Å²) in [6, 6.07) is 14.7. The van der Waals surface area contributed by atoms with Gasteiger partial charge in [-0.15, -0.1) is 0 Å². The molecule has 3 nitrogen and oxygen atoms in total. The average Bonchev–Trinajstić information content (AvgIpc) is 2.45. The third-order valence-electron chi connectivity index (χ3n) is 3.29. The summed E-state index contributed by atoms with van der Waals surface area (Å²) in [7, 11) is 0. The Morgan fingerprint density at radius 3 is 2.79 bits per heavy atom. The van der Waals surface area contributed by atoms with Crippen LogP contribution < -0.4 is 5.43 Å². The smallest absolute Gasteiger partial charge is 0.190 e. The highest BCUT2D eigenvalue weighted by Crippen LogP contribution is 2.26. The summed E-state index contributed by atoms with van der Waals surface area (Å²) < 4.78 is 5.88. The molecule has 0 unspecified atom stereocenters. The van der Waals surface area contributed by atoms with Crippen LogP contribution in [-0.4, -0.2) is 4.98 Å². The second kappa shape index (κ2) is 3.65. The molecule has 0 fully saturated rings. The molecule has 0 saturated carbocycles. The first kappa shape index (κ1) is 10.3. The summed E-state index contributed by atoms with van der Waals surface area (Å²) in [6.07, 6.45) is 1.73. The number of hydrogen-bond acceptors (Lipinski definition) is 3. The second-order valence-electron chi connectivity index (χ2n) is 4.47. The van der Waals surface area contributed by atoms with E-state index in [2.05, 4.69) is 4.98 Å². The molecular formula is C16H9NO2. The number of fused-ring (bicyclic) bond motifs is 4. The number of pyridine rings is 1. The van der Waals surface area contributed by atoms with Crippen molar-refractivity contribution in [3.63, 3.8) is 0 Å². The molecule has 2 heterocycles. The lowest BCUT2D eigenvalue weighted by atomic mass is 10.1. The molecule has 4 aromatic rings. The molecule has 3 heteroatoms. The van der Waals surface area contributed by atoms with Crippen molar-refractivity contribution in [2.24, 2.45) is 0 Å². The Kier molecular flexibility index (Phi) is 1.97. The molecule has 2 aromatic carbocycles. The maximum absolute atomic E-state index is 12.1. The lowest BCUT2D eigenvalue weighted by Gasteiger charge is -2.04. The summed E-state index contributed by atoms with van der Waals surface area (Å²) in [5.74, 6) is 0. The van der Waals surface area contributed by atoms with E-state index in [0.717, 1.165) is 16.3 Å². The predicted octanol–water partition coefficient (Wildman–Crippen LogP) is 3.49. The van der Waals surface area contributed by atoms with Crippen molar-refractivity contribution < 1.29 is 4.42 Å². The summed E-state index contributed by atoms with van der Waals surface area (Å²) >= 11 is 0. The van der Waals surface area contributed by atoms with Crippen molar-refractivity contribution in [3.8, 4) is 0 Å². The van der Waals surface area contributed by atoms with Crippen molar-refractivity contribution in [3.05, 3.63) is 65.0 Å². The Hall–Kier alpha value is -2.68. The van der Waals surface area contributed by atoms with Gasteiger partial charge in [0, 0.05) is 11.6 Å². The summed E-state index contributed by atoms with van der Waals surface area (Å²) in [5.41, 5.74) is 2.09. The molecule has 4 rings (SSSR count). The van der Waals surface area contributed by atoms with Crippen LogP contribution in [0.3, 0.4) is 0 Å². The number of rotatable bonds is 0. The van der Waals surface area contributed by atoms with E-state index < -0.39 is 0 Å². The minimum Gasteiger partial charge on any atom is -0.454 e. The molecule has 0 radical (unpaired) electrons. The van der Waals surface area contributed by atoms with E-state index in [4.69, 9.17) is 4.42 Å². The van der Waals surface area contributed by atoms with E-state index in [-0.39, 0.29) is 5.43 Å². The third-order valence-corrected chi connectivity index (χ3v) is 3.29. The van der Waals surface area contributed by atoms with Crippen molar-refractivity contribution in [2.75, 3.05) is 0 Å². The van der Waals surface area contributed by atoms with Gasteiger partial charge in [-0.2, -0.15) is 0 Å². The van der Waals surface area contributed by atoms with Crippen LogP contribution in [-0.2, 0) is 0 Å². The number of benzene rings is 2. The first-order chi connectivity index (χ1) is 9.33. The Morgan fingerprint density at radius 1 is 0.947 bits per heavy atom. The fourth-order valence-corrected chi connectivity index (χ4v) is 2.41. The van der Waals surface area contributed by atoms with Crippen LogP contribution in [0.2, 0.25) is 0 Å². The highest BCUT2D eigenvalue weighted by atomic mass is 16.3. The molecule has 0 saturated heterocycles. The maximum Gasteiger partial charge on any atom is 0.190 e. The summed E-state index contributed by atoms with van der Waals surface area (Å²) in [4.78, 5) is 16.3. The van der Waals surface area contributed by atoms with E-state index in [1.165, 1.54) is 0 Å². The molecule has 90 valence electrons. The normalized spacial score (nSPS) is 11.4. The molecule has 19 heavy (non-hydrogen) atoms. The van der Waals surface area contributed by atoms with Crippen LogP contribution in [0.1, 0.15) is 0 Å². The minimum atomic E-state index is -0.0184. The van der Waals surface area contributed by atoms with Crippen LogP contribution in [0.15, 0.2) is 63.9 Å². The monoisotopic (exact) mass is 247 g/mol. The van der Waals surface area contributed by atoms with Crippen molar-refractivity contribution >= 4 is 32.8 Å². The largest absolute Gasteiger partial charge is 0.454 e. The lowest BCUT2D eigenvalue weighted by molar-refractivity contribution is 0.663. The van der Waals surface area contributed by atoms with Gasteiger partial charge in [-0.3, -0.25) is 9.78 Å². The van der Waals surface area contributed by atoms with Gasteiger partial charge in [-0.05, 0) is 29.7 Å². The molecule has 2 aromatic heterocycles. The molecule has 0 bridgehead atoms. The van der Waals surface area contributed by atoms with Crippen LogP contribution in [0.4, 0.5) is 0 Å². The summed E-state index contributed by atoms with van der Waals surface area (Å²) in [6.45, 7) is 0. The lowest BCUT2D eigenvalue weighted by Crippen LogP contribution is -1.98. The van der Waals surface area contributed by atoms with E-state index in [9.17, 15) is 4.79 Å². The number of aromatic nitrogens is 1. The van der Waals surface area contributed by atoms with Gasteiger partial charge in [0.25, 0.3) is 0 Å². The fraction of sp³-hybridized carbons (Fsp3) is 0. The highest BCUT2D eigenvalue weighted by Gasteiger charge is 2.08. The minimum absolute atomic E-state index is 0.0184. The average molecular weight is 247 g/mol. The fourth-order valence-electron chi connectivity index (χ4n) is 2.41. The second-order valence-corrected chi connectivity index (χ2v) is 4.47. The van der Waals surface area contributed by atoms with Gasteiger partial charge in [-0.1, -0.05) is 24.3 Å². The van der Waals surface area contributed by atoms with E-state index in [1.807, 2.05) is 36.4 Å². The maximum atomic E-state index is 12.1. The Bertz CT molecular complexity index is 986. The Labute approximate surface area is 108 Å². The molecule has 0 aliphatic heterocycles. The van der Waals surface area contributed by atoms with Gasteiger partial charge in [0.05, 0.1) is 5.39 Å². The molecular weight excluding hydrogens is 238 g/mol. The van der Waals surface area contributed by atoms with Crippen LogP contribution in [0.5, 0.6) is 0 Å². The zero-order valence-corrected chi connectivity index (χ0v) is 9.96. The van der Waals surface area contributed by atoms with Crippen LogP contribution in [0, 0.1) is 0 Å². The zero-order chi connectivity index (χ0) is 12.8. The van der Waals surface area contributed by atoms with Crippen LogP contribution >= 0.6 is 0 Å². The molecule has 0 aliphatic carbocycles. The summed E-state index contributed by atoms with van der Waals surface area (Å²) in [5, 5.41) is 2.42. The Balaban J connectivity index is 2.32. The van der Waals surface area contributed by atoms with Gasteiger partial charge in [0.15, 0.2) is 11.0 Å². The molecule has 0 spiro atoms. The quantitative estimate of drug-likeness (QED) is 0.353. The third kappa shape index (κ3) is 1.45. The van der Waals surface area contributed by atoms with E-state index in [0.29, 0.717) is 16.6 Å². The van der Waals surface area contributed by atoms with Gasteiger partial charge in [0.2, 0.25) is 0 Å². The predicted molar refractivity (Wildman–Crippen MR) is 75.3 cm³/mol. The molecule has 0 atom stereocenters. The first-order valence-corrected chi connectivity index (χ1v) is 6.03.